The molecule has 0 saturated heterocycles. The van der Waals surface area contributed by atoms with Crippen molar-refractivity contribution in [3.8, 4) is 0 Å². The molecule has 0 radical (unpaired) electrons. The molecular formula is C46H73NO7. The molecule has 0 N–H and O–H groups in total. The van der Waals surface area contributed by atoms with Gasteiger partial charge < -0.3 is 28.6 Å². The van der Waals surface area contributed by atoms with Crippen LogP contribution in [0.2, 0.25) is 0 Å². The van der Waals surface area contributed by atoms with Crippen molar-refractivity contribution in [1.82, 2.24) is 0 Å². The van der Waals surface area contributed by atoms with E-state index in [1.807, 2.05) is 12.2 Å². The average molecular weight is 752 g/mol. The number of hydrogen-bond donors (Lipinski definition) is 0. The van der Waals surface area contributed by atoms with E-state index in [1.165, 1.54) is 0 Å². The van der Waals surface area contributed by atoms with Gasteiger partial charge >= 0.3 is 11.9 Å². The standard InChI is InChI=1S/C46H73NO7/c1-6-8-10-12-14-16-18-20-21-22-23-25-27-29-31-33-35-37-45(49)54-42(40-52-39-38-43(46(50)51)47(3,4)5)41-53-44(48)36-34-32-30-28-26-24-19-17-15-13-11-9-7-2/h8-11,13-17,19-21,23,25,29,31,42-43H,6-7,12,18,22,24,26-28,30,32-41H2,1-5H3/b10-8+,11-9+,15-13+,16-14+,19-17+,21-20+,25-23+,31-29+. The summed E-state index contributed by atoms with van der Waals surface area (Å²) in [5.41, 5.74) is 0. The summed E-state index contributed by atoms with van der Waals surface area (Å²) in [4.78, 5) is 36.7. The number of carbonyl (C=O) groups is 3. The lowest BCUT2D eigenvalue weighted by atomic mass is 10.1. The molecule has 0 heterocycles. The summed E-state index contributed by atoms with van der Waals surface area (Å²) >= 11 is 0. The van der Waals surface area contributed by atoms with Crippen molar-refractivity contribution in [1.29, 1.82) is 0 Å². The van der Waals surface area contributed by atoms with Gasteiger partial charge in [0.1, 0.15) is 12.6 Å². The third-order valence-electron chi connectivity index (χ3n) is 8.28. The molecule has 0 aromatic heterocycles. The van der Waals surface area contributed by atoms with E-state index in [-0.39, 0.29) is 49.1 Å². The van der Waals surface area contributed by atoms with Gasteiger partial charge in [0.2, 0.25) is 0 Å². The van der Waals surface area contributed by atoms with Gasteiger partial charge in [-0.1, -0.05) is 130 Å². The Balaban J connectivity index is 4.55. The average Bonchev–Trinajstić information content (AvgIpc) is 3.12. The van der Waals surface area contributed by atoms with Crippen molar-refractivity contribution in [2.75, 3.05) is 41.0 Å². The van der Waals surface area contributed by atoms with Crippen LogP contribution in [0.5, 0.6) is 0 Å². The summed E-state index contributed by atoms with van der Waals surface area (Å²) in [6.45, 7) is 4.29. The first-order valence-corrected chi connectivity index (χ1v) is 20.3. The molecule has 0 saturated carbocycles. The molecule has 0 aliphatic carbocycles. The van der Waals surface area contributed by atoms with Crippen molar-refractivity contribution in [3.05, 3.63) is 97.2 Å². The molecule has 8 nitrogen and oxygen atoms in total. The Hall–Kier alpha value is -3.75. The lowest BCUT2D eigenvalue weighted by Gasteiger charge is -2.34. The number of ether oxygens (including phenoxy) is 3. The van der Waals surface area contributed by atoms with Gasteiger partial charge in [0.05, 0.1) is 40.3 Å². The summed E-state index contributed by atoms with van der Waals surface area (Å²) in [5.74, 6) is -1.86. The fraction of sp³-hybridized carbons (Fsp3) is 0.587. The zero-order valence-corrected chi connectivity index (χ0v) is 34.3. The van der Waals surface area contributed by atoms with E-state index in [0.29, 0.717) is 12.8 Å². The van der Waals surface area contributed by atoms with Crippen molar-refractivity contribution < 1.29 is 38.2 Å². The normalized spacial score (nSPS) is 14.0. The van der Waals surface area contributed by atoms with Crippen LogP contribution in [0, 0.1) is 0 Å². The second-order valence-electron chi connectivity index (χ2n) is 14.2. The quantitative estimate of drug-likeness (QED) is 0.0212. The molecule has 2 unspecified atom stereocenters. The molecule has 8 heteroatoms. The Morgan fingerprint density at radius 3 is 1.69 bits per heavy atom. The Morgan fingerprint density at radius 1 is 0.574 bits per heavy atom. The molecule has 0 aliphatic rings. The first-order chi connectivity index (χ1) is 26.1. The lowest BCUT2D eigenvalue weighted by molar-refractivity contribution is -0.889. The number of nitrogens with zero attached hydrogens (tertiary/aromatic N) is 1. The minimum Gasteiger partial charge on any atom is -0.544 e. The zero-order valence-electron chi connectivity index (χ0n) is 34.3. The number of aliphatic carboxylic acids is 1. The Labute approximate surface area is 328 Å². The number of carboxylic acid groups (broad SMARTS) is 1. The van der Waals surface area contributed by atoms with E-state index in [9.17, 15) is 19.5 Å². The first kappa shape index (κ1) is 50.2. The van der Waals surface area contributed by atoms with Crippen LogP contribution >= 0.6 is 0 Å². The number of likely N-dealkylation sites (N-methyl/N-ethyl adjacent to an activating group) is 1. The number of carboxylic acids is 1. The zero-order chi connectivity index (χ0) is 40.0. The van der Waals surface area contributed by atoms with Crippen molar-refractivity contribution in [3.63, 3.8) is 0 Å². The largest absolute Gasteiger partial charge is 0.544 e. The molecule has 0 aromatic rings. The molecule has 54 heavy (non-hydrogen) atoms. The maximum absolute atomic E-state index is 12.7. The number of esters is 2. The molecule has 0 aromatic carbocycles. The molecule has 0 fully saturated rings. The Bertz CT molecular complexity index is 1200. The van der Waals surface area contributed by atoms with Gasteiger partial charge in [0.15, 0.2) is 6.10 Å². The van der Waals surface area contributed by atoms with Gasteiger partial charge in [-0.05, 0) is 70.6 Å². The Kier molecular flexibility index (Phi) is 33.7. The highest BCUT2D eigenvalue weighted by Gasteiger charge is 2.25. The predicted molar refractivity (Wildman–Crippen MR) is 221 cm³/mol. The highest BCUT2D eigenvalue weighted by molar-refractivity contribution is 5.70. The smallest absolute Gasteiger partial charge is 0.306 e. The summed E-state index contributed by atoms with van der Waals surface area (Å²) in [6, 6.07) is -0.744. The topological polar surface area (TPSA) is 102 Å². The maximum Gasteiger partial charge on any atom is 0.306 e. The second-order valence-corrected chi connectivity index (χ2v) is 14.2. The SMILES string of the molecule is CC/C=C/C=C/C=C/CCCCCCCC(=O)OCC(COCCC(C(=O)[O-])[N+](C)(C)C)OC(=O)CCC/C=C/C/C=C/C/C=C/C/C=C/C/C=C/CC. The van der Waals surface area contributed by atoms with Crippen LogP contribution < -0.4 is 5.11 Å². The third kappa shape index (κ3) is 34.0. The van der Waals surface area contributed by atoms with E-state index < -0.39 is 18.1 Å². The number of quaternary nitrogens is 1. The van der Waals surface area contributed by atoms with Crippen LogP contribution in [0.25, 0.3) is 0 Å². The molecule has 0 amide bonds. The number of allylic oxidation sites excluding steroid dienone is 16. The molecular weight excluding hydrogens is 679 g/mol. The fourth-order valence-electron chi connectivity index (χ4n) is 5.16. The highest BCUT2D eigenvalue weighted by atomic mass is 16.6. The highest BCUT2D eigenvalue weighted by Crippen LogP contribution is 2.11. The maximum atomic E-state index is 12.7. The van der Waals surface area contributed by atoms with Gasteiger partial charge in [0.25, 0.3) is 0 Å². The van der Waals surface area contributed by atoms with Gasteiger partial charge in [-0.3, -0.25) is 9.59 Å². The summed E-state index contributed by atoms with van der Waals surface area (Å²) in [7, 11) is 5.36. The number of rotatable bonds is 34. The van der Waals surface area contributed by atoms with Crippen LogP contribution in [0.1, 0.15) is 123 Å². The summed E-state index contributed by atoms with van der Waals surface area (Å²) in [5, 5.41) is 11.6. The fourth-order valence-corrected chi connectivity index (χ4v) is 5.16. The van der Waals surface area contributed by atoms with Crippen LogP contribution in [-0.2, 0) is 28.6 Å². The number of unbranched alkanes of at least 4 members (excludes halogenated alkanes) is 6. The van der Waals surface area contributed by atoms with E-state index in [2.05, 4.69) is 98.9 Å². The van der Waals surface area contributed by atoms with E-state index in [0.717, 1.165) is 83.5 Å². The van der Waals surface area contributed by atoms with Crippen LogP contribution in [0.15, 0.2) is 97.2 Å². The molecule has 0 bridgehead atoms. The molecule has 0 rings (SSSR count). The van der Waals surface area contributed by atoms with Crippen LogP contribution in [0.3, 0.4) is 0 Å². The van der Waals surface area contributed by atoms with Crippen LogP contribution in [0.4, 0.5) is 0 Å². The van der Waals surface area contributed by atoms with Crippen molar-refractivity contribution in [2.45, 2.75) is 135 Å². The van der Waals surface area contributed by atoms with Gasteiger partial charge in [0, 0.05) is 19.3 Å². The first-order valence-electron chi connectivity index (χ1n) is 20.3. The van der Waals surface area contributed by atoms with Crippen LogP contribution in [-0.4, -0.2) is 75.5 Å². The minimum absolute atomic E-state index is 0.00434. The predicted octanol–water partition coefficient (Wildman–Crippen LogP) is 9.40. The molecule has 2 atom stereocenters. The van der Waals surface area contributed by atoms with Gasteiger partial charge in [-0.15, -0.1) is 0 Å². The van der Waals surface area contributed by atoms with E-state index in [1.54, 1.807) is 21.1 Å². The molecule has 0 spiro atoms. The van der Waals surface area contributed by atoms with E-state index in [4.69, 9.17) is 14.2 Å². The Morgan fingerprint density at radius 2 is 1.09 bits per heavy atom. The van der Waals surface area contributed by atoms with E-state index >= 15 is 0 Å². The third-order valence-corrected chi connectivity index (χ3v) is 8.28. The monoisotopic (exact) mass is 752 g/mol. The van der Waals surface area contributed by atoms with Gasteiger partial charge in [-0.2, -0.15) is 0 Å². The van der Waals surface area contributed by atoms with Gasteiger partial charge in [-0.25, -0.2) is 0 Å². The minimum atomic E-state index is -1.14. The second kappa shape index (κ2) is 36.2. The number of hydrogen-bond acceptors (Lipinski definition) is 7. The van der Waals surface area contributed by atoms with Crippen molar-refractivity contribution in [2.24, 2.45) is 0 Å². The lowest BCUT2D eigenvalue weighted by Crippen LogP contribution is -2.55. The van der Waals surface area contributed by atoms with Crippen molar-refractivity contribution >= 4 is 17.9 Å². The molecule has 0 aliphatic heterocycles. The number of carbonyl (C=O) groups excluding carboxylic acids is 3. The summed E-state index contributed by atoms with van der Waals surface area (Å²) < 4.78 is 17.0. The summed E-state index contributed by atoms with van der Waals surface area (Å²) in [6.07, 6.45) is 47.3. The molecule has 304 valence electrons.